The molecule has 5 nitrogen and oxygen atoms in total. The lowest BCUT2D eigenvalue weighted by atomic mass is 10.2. The minimum Gasteiger partial charge on any atom is -0.367 e. The van der Waals surface area contributed by atoms with Crippen molar-refractivity contribution in [3.8, 4) is 0 Å². The van der Waals surface area contributed by atoms with E-state index < -0.39 is 0 Å². The van der Waals surface area contributed by atoms with Gasteiger partial charge in [0, 0.05) is 38.3 Å². The van der Waals surface area contributed by atoms with Crippen LogP contribution in [0.25, 0.3) is 0 Å². The Morgan fingerprint density at radius 1 is 1.00 bits per heavy atom. The summed E-state index contributed by atoms with van der Waals surface area (Å²) in [5.74, 6) is -0.152. The SMILES string of the molecule is CCCC(=O)N1CCN(c2ccc(NC(=O)c3cccc(Cl)c3Cl)cc2Cl)CC1. The lowest BCUT2D eigenvalue weighted by Gasteiger charge is -2.36. The molecule has 2 amide bonds. The number of carbonyl (C=O) groups is 2. The molecule has 0 bridgehead atoms. The van der Waals surface area contributed by atoms with Crippen LogP contribution in [-0.4, -0.2) is 42.9 Å². The molecular formula is C21H22Cl3N3O2. The second kappa shape index (κ2) is 9.70. The van der Waals surface area contributed by atoms with Crippen LogP contribution >= 0.6 is 34.8 Å². The molecule has 1 fully saturated rings. The Hall–Kier alpha value is -1.95. The number of halogens is 3. The van der Waals surface area contributed by atoms with Gasteiger partial charge in [0.05, 0.1) is 26.3 Å². The molecule has 0 aromatic heterocycles. The molecule has 0 spiro atoms. The number of amides is 2. The van der Waals surface area contributed by atoms with Crippen LogP contribution < -0.4 is 10.2 Å². The van der Waals surface area contributed by atoms with Gasteiger partial charge < -0.3 is 15.1 Å². The van der Waals surface area contributed by atoms with E-state index in [1.165, 1.54) is 0 Å². The summed E-state index contributed by atoms with van der Waals surface area (Å²) in [6.07, 6.45) is 1.45. The van der Waals surface area contributed by atoms with Crippen molar-refractivity contribution < 1.29 is 9.59 Å². The quantitative estimate of drug-likeness (QED) is 0.663. The van der Waals surface area contributed by atoms with E-state index in [1.807, 2.05) is 17.9 Å². The van der Waals surface area contributed by atoms with Crippen LogP contribution in [0.5, 0.6) is 0 Å². The number of hydrogen-bond acceptors (Lipinski definition) is 3. The average Bonchev–Trinajstić information content (AvgIpc) is 2.70. The molecule has 1 N–H and O–H groups in total. The topological polar surface area (TPSA) is 52.7 Å². The van der Waals surface area contributed by atoms with Gasteiger partial charge >= 0.3 is 0 Å². The van der Waals surface area contributed by atoms with Gasteiger partial charge in [-0.25, -0.2) is 0 Å². The summed E-state index contributed by atoms with van der Waals surface area (Å²) in [5, 5.41) is 3.87. The summed E-state index contributed by atoms with van der Waals surface area (Å²) < 4.78 is 0. The zero-order valence-corrected chi connectivity index (χ0v) is 18.3. The molecule has 0 unspecified atom stereocenters. The van der Waals surface area contributed by atoms with Crippen molar-refractivity contribution in [1.82, 2.24) is 4.90 Å². The summed E-state index contributed by atoms with van der Waals surface area (Å²) >= 11 is 18.6. The van der Waals surface area contributed by atoms with Gasteiger partial charge in [-0.15, -0.1) is 0 Å². The number of piperazine rings is 1. The third kappa shape index (κ3) is 5.16. The van der Waals surface area contributed by atoms with Crippen molar-refractivity contribution in [2.75, 3.05) is 36.4 Å². The van der Waals surface area contributed by atoms with Crippen LogP contribution in [0.15, 0.2) is 36.4 Å². The summed E-state index contributed by atoms with van der Waals surface area (Å²) in [4.78, 5) is 28.6. The molecule has 3 rings (SSSR count). The predicted molar refractivity (Wildman–Crippen MR) is 120 cm³/mol. The molecule has 0 atom stereocenters. The minimum absolute atomic E-state index is 0.205. The molecule has 1 saturated heterocycles. The molecule has 29 heavy (non-hydrogen) atoms. The van der Waals surface area contributed by atoms with Crippen molar-refractivity contribution in [3.05, 3.63) is 57.0 Å². The molecule has 2 aromatic carbocycles. The highest BCUT2D eigenvalue weighted by Gasteiger charge is 2.22. The van der Waals surface area contributed by atoms with Gasteiger partial charge in [0.15, 0.2) is 0 Å². The van der Waals surface area contributed by atoms with Gasteiger partial charge in [0.2, 0.25) is 5.91 Å². The first-order valence-corrected chi connectivity index (χ1v) is 10.6. The molecule has 154 valence electrons. The normalized spacial score (nSPS) is 14.1. The van der Waals surface area contributed by atoms with Crippen LogP contribution in [0.4, 0.5) is 11.4 Å². The number of carbonyl (C=O) groups excluding carboxylic acids is 2. The summed E-state index contributed by atoms with van der Waals surface area (Å²) in [6, 6.07) is 10.3. The second-order valence-corrected chi connectivity index (χ2v) is 8.03. The molecule has 0 aliphatic carbocycles. The fourth-order valence-electron chi connectivity index (χ4n) is 3.29. The summed E-state index contributed by atoms with van der Waals surface area (Å²) in [7, 11) is 0. The summed E-state index contributed by atoms with van der Waals surface area (Å²) in [5.41, 5.74) is 1.75. The van der Waals surface area contributed by atoms with Crippen molar-refractivity contribution in [2.45, 2.75) is 19.8 Å². The van der Waals surface area contributed by atoms with Crippen molar-refractivity contribution in [1.29, 1.82) is 0 Å². The van der Waals surface area contributed by atoms with Crippen molar-refractivity contribution in [2.24, 2.45) is 0 Å². The number of hydrogen-bond donors (Lipinski definition) is 1. The molecule has 0 saturated carbocycles. The number of anilines is 2. The van der Waals surface area contributed by atoms with E-state index in [0.717, 1.165) is 25.2 Å². The fourth-order valence-corrected chi connectivity index (χ4v) is 3.97. The van der Waals surface area contributed by atoms with Gasteiger partial charge in [-0.3, -0.25) is 9.59 Å². The Morgan fingerprint density at radius 2 is 1.72 bits per heavy atom. The van der Waals surface area contributed by atoms with Crippen LogP contribution in [0.3, 0.4) is 0 Å². The van der Waals surface area contributed by atoms with Crippen LogP contribution in [0, 0.1) is 0 Å². The first-order valence-electron chi connectivity index (χ1n) is 9.48. The molecular weight excluding hydrogens is 433 g/mol. The highest BCUT2D eigenvalue weighted by Crippen LogP contribution is 2.31. The Morgan fingerprint density at radius 3 is 2.38 bits per heavy atom. The molecule has 2 aromatic rings. The van der Waals surface area contributed by atoms with Gasteiger partial charge in [0.1, 0.15) is 0 Å². The second-order valence-electron chi connectivity index (χ2n) is 6.84. The van der Waals surface area contributed by atoms with Crippen molar-refractivity contribution >= 4 is 58.0 Å². The maximum Gasteiger partial charge on any atom is 0.257 e. The zero-order chi connectivity index (χ0) is 21.0. The van der Waals surface area contributed by atoms with E-state index >= 15 is 0 Å². The molecule has 1 aliphatic heterocycles. The third-order valence-corrected chi connectivity index (χ3v) is 5.96. The highest BCUT2D eigenvalue weighted by molar-refractivity contribution is 6.44. The van der Waals surface area contributed by atoms with E-state index in [9.17, 15) is 9.59 Å². The predicted octanol–water partition coefficient (Wildman–Crippen LogP) is 5.35. The van der Waals surface area contributed by atoms with Gasteiger partial charge in [-0.05, 0) is 36.8 Å². The monoisotopic (exact) mass is 453 g/mol. The summed E-state index contributed by atoms with van der Waals surface area (Å²) in [6.45, 7) is 4.81. The fraction of sp³-hybridized carbons (Fsp3) is 0.333. The van der Waals surface area contributed by atoms with Gasteiger partial charge in [0.25, 0.3) is 5.91 Å². The van der Waals surface area contributed by atoms with E-state index in [2.05, 4.69) is 10.2 Å². The van der Waals surface area contributed by atoms with E-state index in [1.54, 1.807) is 30.3 Å². The first kappa shape index (κ1) is 21.8. The molecule has 1 aliphatic rings. The molecule has 0 radical (unpaired) electrons. The van der Waals surface area contributed by atoms with Gasteiger partial charge in [-0.2, -0.15) is 0 Å². The lowest BCUT2D eigenvalue weighted by molar-refractivity contribution is -0.131. The maximum atomic E-state index is 12.5. The average molecular weight is 455 g/mol. The van der Waals surface area contributed by atoms with E-state index in [4.69, 9.17) is 34.8 Å². The zero-order valence-electron chi connectivity index (χ0n) is 16.1. The Labute approximate surface area is 185 Å². The van der Waals surface area contributed by atoms with Crippen LogP contribution in [-0.2, 0) is 4.79 Å². The minimum atomic E-state index is -0.357. The van der Waals surface area contributed by atoms with E-state index in [-0.39, 0.29) is 16.8 Å². The smallest absolute Gasteiger partial charge is 0.257 e. The van der Waals surface area contributed by atoms with Crippen LogP contribution in [0.1, 0.15) is 30.1 Å². The standard InChI is InChI=1S/C21H22Cl3N3O2/c1-2-4-19(28)27-11-9-26(10-12-27)18-8-7-14(13-17(18)23)25-21(29)15-5-3-6-16(22)20(15)24/h3,5-8,13H,2,4,9-12H2,1H3,(H,25,29). The Balaban J connectivity index is 1.66. The Kier molecular flexibility index (Phi) is 7.28. The lowest BCUT2D eigenvalue weighted by Crippen LogP contribution is -2.48. The number of nitrogens with one attached hydrogen (secondary N) is 1. The third-order valence-electron chi connectivity index (χ3n) is 4.84. The highest BCUT2D eigenvalue weighted by atomic mass is 35.5. The number of benzene rings is 2. The maximum absolute atomic E-state index is 12.5. The van der Waals surface area contributed by atoms with Crippen LogP contribution in [0.2, 0.25) is 15.1 Å². The molecule has 8 heteroatoms. The first-order chi connectivity index (χ1) is 13.9. The van der Waals surface area contributed by atoms with E-state index in [0.29, 0.717) is 40.8 Å². The number of rotatable bonds is 5. The number of nitrogens with zero attached hydrogens (tertiary/aromatic N) is 2. The molecule has 1 heterocycles. The largest absolute Gasteiger partial charge is 0.367 e. The van der Waals surface area contributed by atoms with Crippen molar-refractivity contribution in [3.63, 3.8) is 0 Å². The Bertz CT molecular complexity index is 912. The van der Waals surface area contributed by atoms with Gasteiger partial charge in [-0.1, -0.05) is 47.8 Å².